The van der Waals surface area contributed by atoms with Gasteiger partial charge in [-0.3, -0.25) is 19.9 Å². The highest BCUT2D eigenvalue weighted by atomic mass is 19.1. The third-order valence-electron chi connectivity index (χ3n) is 6.47. The van der Waals surface area contributed by atoms with Gasteiger partial charge >= 0.3 is 0 Å². The van der Waals surface area contributed by atoms with Crippen LogP contribution in [0.4, 0.5) is 10.1 Å². The van der Waals surface area contributed by atoms with Crippen LogP contribution < -0.4 is 10.1 Å². The summed E-state index contributed by atoms with van der Waals surface area (Å²) < 4.78 is 19.5. The Hall–Kier alpha value is -5.19. The van der Waals surface area contributed by atoms with Gasteiger partial charge in [-0.25, -0.2) is 14.4 Å². The number of hydrogen-bond donors (Lipinski definition) is 3. The van der Waals surface area contributed by atoms with E-state index in [0.29, 0.717) is 51.8 Å². The Balaban J connectivity index is 1.37. The first-order chi connectivity index (χ1) is 19.7. The maximum atomic E-state index is 14.3. The van der Waals surface area contributed by atoms with E-state index < -0.39 is 5.82 Å². The number of imidazole rings is 1. The van der Waals surface area contributed by atoms with E-state index in [0.717, 1.165) is 22.0 Å². The number of hydrogen-bond acceptors (Lipinski definition) is 7. The lowest BCUT2D eigenvalue weighted by atomic mass is 9.92. The molecule has 0 spiro atoms. The number of rotatable bonds is 6. The highest BCUT2D eigenvalue weighted by Crippen LogP contribution is 2.33. The number of benzene rings is 1. The maximum absolute atomic E-state index is 14.3. The van der Waals surface area contributed by atoms with E-state index in [1.54, 1.807) is 36.9 Å². The van der Waals surface area contributed by atoms with E-state index in [4.69, 9.17) is 9.72 Å². The fraction of sp³-hybridized carbons (Fsp3) is 0.200. The second-order valence-electron chi connectivity index (χ2n) is 11.0. The highest BCUT2D eigenvalue weighted by molar-refractivity contribution is 5.96. The lowest BCUT2D eigenvalue weighted by Gasteiger charge is -2.17. The number of H-pyrrole nitrogens is 2. The van der Waals surface area contributed by atoms with Gasteiger partial charge < -0.3 is 15.0 Å². The molecule has 206 valence electrons. The molecule has 0 aliphatic heterocycles. The maximum Gasteiger partial charge on any atom is 0.224 e. The molecule has 11 heteroatoms. The minimum Gasteiger partial charge on any atom is -0.497 e. The molecule has 0 unspecified atom stereocenters. The summed E-state index contributed by atoms with van der Waals surface area (Å²) in [6.07, 6.45) is 7.09. The number of aromatic nitrogens is 7. The van der Waals surface area contributed by atoms with E-state index in [1.165, 1.54) is 19.2 Å². The van der Waals surface area contributed by atoms with Crippen molar-refractivity contribution in [3.05, 3.63) is 67.0 Å². The van der Waals surface area contributed by atoms with E-state index >= 15 is 0 Å². The number of carbonyl (C=O) groups excluding carboxylic acids is 1. The molecule has 6 aromatic rings. The van der Waals surface area contributed by atoms with Crippen LogP contribution in [0.25, 0.3) is 56.0 Å². The number of aromatic amines is 2. The van der Waals surface area contributed by atoms with Crippen molar-refractivity contribution in [2.24, 2.45) is 5.41 Å². The number of carbonyl (C=O) groups is 1. The van der Waals surface area contributed by atoms with E-state index in [9.17, 15) is 9.18 Å². The molecule has 0 saturated carbocycles. The molecule has 0 fully saturated rings. The molecule has 6 rings (SSSR count). The minimum atomic E-state index is -0.432. The predicted octanol–water partition coefficient (Wildman–Crippen LogP) is 6.15. The monoisotopic (exact) mass is 550 g/mol. The third-order valence-corrected chi connectivity index (χ3v) is 6.47. The Morgan fingerprint density at radius 3 is 2.63 bits per heavy atom. The van der Waals surface area contributed by atoms with Gasteiger partial charge in [-0.2, -0.15) is 5.10 Å². The van der Waals surface area contributed by atoms with Crippen LogP contribution in [-0.4, -0.2) is 48.1 Å². The average molecular weight is 551 g/mol. The summed E-state index contributed by atoms with van der Waals surface area (Å²) in [4.78, 5) is 33.9. The van der Waals surface area contributed by atoms with E-state index in [1.807, 2.05) is 32.9 Å². The van der Waals surface area contributed by atoms with E-state index in [2.05, 4.69) is 35.5 Å². The number of anilines is 1. The van der Waals surface area contributed by atoms with Crippen molar-refractivity contribution < 1.29 is 13.9 Å². The van der Waals surface area contributed by atoms with Gasteiger partial charge in [0.2, 0.25) is 5.91 Å². The van der Waals surface area contributed by atoms with Gasteiger partial charge in [-0.15, -0.1) is 0 Å². The van der Waals surface area contributed by atoms with Gasteiger partial charge in [0.1, 0.15) is 22.8 Å². The Labute approximate surface area is 234 Å². The lowest BCUT2D eigenvalue weighted by Crippen LogP contribution is -2.19. The largest absolute Gasteiger partial charge is 0.497 e. The molecule has 0 aliphatic carbocycles. The molecule has 1 amide bonds. The molecule has 5 heterocycles. The van der Waals surface area contributed by atoms with Gasteiger partial charge in [0, 0.05) is 47.8 Å². The number of nitrogens with zero attached hydrogens (tertiary/aromatic N) is 5. The second kappa shape index (κ2) is 10.1. The Morgan fingerprint density at radius 1 is 1.00 bits per heavy atom. The number of methoxy groups -OCH3 is 1. The first-order valence-electron chi connectivity index (χ1n) is 13.0. The summed E-state index contributed by atoms with van der Waals surface area (Å²) in [5, 5.41) is 11.1. The summed E-state index contributed by atoms with van der Waals surface area (Å²) >= 11 is 0. The molecule has 0 aliphatic rings. The molecule has 41 heavy (non-hydrogen) atoms. The number of fused-ring (bicyclic) bond motifs is 2. The van der Waals surface area contributed by atoms with Crippen LogP contribution in [0.5, 0.6) is 5.75 Å². The van der Waals surface area contributed by atoms with E-state index in [-0.39, 0.29) is 11.3 Å². The normalized spacial score (nSPS) is 11.7. The van der Waals surface area contributed by atoms with Crippen LogP contribution in [0.3, 0.4) is 0 Å². The molecule has 0 radical (unpaired) electrons. The van der Waals surface area contributed by atoms with Gasteiger partial charge in [0.15, 0.2) is 11.5 Å². The van der Waals surface area contributed by atoms with Gasteiger partial charge in [0.05, 0.1) is 35.6 Å². The second-order valence-corrected chi connectivity index (χ2v) is 11.0. The molecular weight excluding hydrogens is 523 g/mol. The smallest absolute Gasteiger partial charge is 0.224 e. The summed E-state index contributed by atoms with van der Waals surface area (Å²) in [6.45, 7) is 6.05. The summed E-state index contributed by atoms with van der Waals surface area (Å²) in [6, 6.07) is 10.0. The standard InChI is InChI=1S/C30H27FN8O2/c1-30(2,3)12-24(40)35-20-8-17(13-32-15-20)18-10-22-26(38-39-28(22)34-14-18)29-36-23-5-6-33-25(27(23)37-29)16-7-19(31)11-21(9-16)41-4/h5-11,13-15H,12H2,1-4H3,(H,35,40)(H,36,37)(H,34,38,39). The average Bonchev–Trinajstić information content (AvgIpc) is 3.55. The van der Waals surface area contributed by atoms with Crippen LogP contribution in [0.2, 0.25) is 0 Å². The van der Waals surface area contributed by atoms with Crippen molar-refractivity contribution in [2.75, 3.05) is 12.4 Å². The van der Waals surface area contributed by atoms with Crippen molar-refractivity contribution in [3.8, 4) is 39.7 Å². The van der Waals surface area contributed by atoms with Crippen LogP contribution in [-0.2, 0) is 4.79 Å². The molecule has 0 bridgehead atoms. The van der Waals surface area contributed by atoms with Crippen LogP contribution in [0.1, 0.15) is 27.2 Å². The summed E-state index contributed by atoms with van der Waals surface area (Å²) in [5.74, 6) is 0.388. The molecule has 3 N–H and O–H groups in total. The number of pyridine rings is 3. The highest BCUT2D eigenvalue weighted by Gasteiger charge is 2.19. The molecule has 1 aromatic carbocycles. The number of halogens is 1. The molecule has 0 saturated heterocycles. The lowest BCUT2D eigenvalue weighted by molar-refractivity contribution is -0.117. The molecular formula is C30H27FN8O2. The number of amides is 1. The zero-order chi connectivity index (χ0) is 28.7. The van der Waals surface area contributed by atoms with Crippen LogP contribution >= 0.6 is 0 Å². The van der Waals surface area contributed by atoms with Gasteiger partial charge in [-0.1, -0.05) is 20.8 Å². The molecule has 5 aromatic heterocycles. The Morgan fingerprint density at radius 2 is 1.83 bits per heavy atom. The Kier molecular flexibility index (Phi) is 6.41. The van der Waals surface area contributed by atoms with Crippen molar-refractivity contribution in [1.29, 1.82) is 0 Å². The van der Waals surface area contributed by atoms with Crippen molar-refractivity contribution >= 4 is 33.7 Å². The SMILES string of the molecule is COc1cc(F)cc(-c2nccc3[nH]c(-c4n[nH]c5ncc(-c6cncc(NC(=O)CC(C)(C)C)c6)cc45)nc23)c1. The first-order valence-corrected chi connectivity index (χ1v) is 13.0. The topological polar surface area (TPSA) is 134 Å². The minimum absolute atomic E-state index is 0.0717. The number of nitrogens with one attached hydrogen (secondary N) is 3. The molecule has 10 nitrogen and oxygen atoms in total. The van der Waals surface area contributed by atoms with Crippen LogP contribution in [0.15, 0.2) is 61.2 Å². The third kappa shape index (κ3) is 5.33. The van der Waals surface area contributed by atoms with Gasteiger partial charge in [-0.05, 0) is 35.7 Å². The zero-order valence-electron chi connectivity index (χ0n) is 22.9. The number of ether oxygens (including phenoxy) is 1. The zero-order valence-corrected chi connectivity index (χ0v) is 22.9. The van der Waals surface area contributed by atoms with Gasteiger partial charge in [0.25, 0.3) is 0 Å². The fourth-order valence-electron chi connectivity index (χ4n) is 4.67. The van der Waals surface area contributed by atoms with Crippen LogP contribution in [0, 0.1) is 11.2 Å². The Bertz CT molecular complexity index is 1920. The van der Waals surface area contributed by atoms with Crippen molar-refractivity contribution in [3.63, 3.8) is 0 Å². The van der Waals surface area contributed by atoms with Crippen molar-refractivity contribution in [1.82, 2.24) is 35.1 Å². The molecule has 0 atom stereocenters. The predicted molar refractivity (Wildman–Crippen MR) is 155 cm³/mol. The summed E-state index contributed by atoms with van der Waals surface area (Å²) in [7, 11) is 1.49. The fourth-order valence-corrected chi connectivity index (χ4v) is 4.67. The summed E-state index contributed by atoms with van der Waals surface area (Å²) in [5.41, 5.74) is 5.56. The van der Waals surface area contributed by atoms with Crippen molar-refractivity contribution in [2.45, 2.75) is 27.2 Å². The quantitative estimate of drug-likeness (QED) is 0.226. The first kappa shape index (κ1) is 26.1.